The van der Waals surface area contributed by atoms with Gasteiger partial charge in [0.2, 0.25) is 0 Å². The maximum Gasteiger partial charge on any atom is 0.144 e. The summed E-state index contributed by atoms with van der Waals surface area (Å²) in [6, 6.07) is 0. The first-order valence-electron chi connectivity index (χ1n) is 3.85. The molecule has 0 aliphatic rings. The van der Waals surface area contributed by atoms with Crippen molar-refractivity contribution in [2.45, 2.75) is 26.7 Å². The zero-order chi connectivity index (χ0) is 8.59. The van der Waals surface area contributed by atoms with Gasteiger partial charge in [0.15, 0.2) is 0 Å². The second-order valence-electron chi connectivity index (χ2n) is 3.25. The van der Waals surface area contributed by atoms with Crippen molar-refractivity contribution in [1.82, 2.24) is 4.57 Å². The van der Waals surface area contributed by atoms with Crippen LogP contribution >= 0.6 is 0 Å². The van der Waals surface area contributed by atoms with E-state index < -0.39 is 0 Å². The van der Waals surface area contributed by atoms with Crippen LogP contribution in [0.3, 0.4) is 0 Å². The Balaban J connectivity index is 3.22. The highest BCUT2D eigenvalue weighted by molar-refractivity contribution is 5.24. The quantitative estimate of drug-likeness (QED) is 0.587. The smallest absolute Gasteiger partial charge is 0.144 e. The van der Waals surface area contributed by atoms with Crippen LogP contribution in [-0.4, -0.2) is 4.57 Å². The van der Waals surface area contributed by atoms with Crippen LogP contribution in [0.15, 0.2) is 6.20 Å². The Morgan fingerprint density at radius 2 is 2.00 bits per heavy atom. The molecule has 1 rings (SSSR count). The summed E-state index contributed by atoms with van der Waals surface area (Å²) in [4.78, 5) is 0. The lowest BCUT2D eigenvalue weighted by Gasteiger charge is -2.07. The van der Waals surface area contributed by atoms with Crippen molar-refractivity contribution < 1.29 is 4.39 Å². The standard InChI is InChI=1S/C9H14FN/c1-6(2)9-7(3)8(10)5-11(9)4/h5-6H,1-4H3. The predicted octanol–water partition coefficient (Wildman–Crippen LogP) is 2.60. The van der Waals surface area contributed by atoms with E-state index >= 15 is 0 Å². The number of hydrogen-bond donors (Lipinski definition) is 0. The summed E-state index contributed by atoms with van der Waals surface area (Å²) >= 11 is 0. The van der Waals surface area contributed by atoms with E-state index in [0.29, 0.717) is 5.92 Å². The van der Waals surface area contributed by atoms with E-state index in [-0.39, 0.29) is 5.82 Å². The molecule has 0 saturated heterocycles. The normalized spacial score (nSPS) is 11.1. The molecule has 0 saturated carbocycles. The van der Waals surface area contributed by atoms with Gasteiger partial charge in [-0.05, 0) is 12.8 Å². The van der Waals surface area contributed by atoms with Crippen molar-refractivity contribution in [3.63, 3.8) is 0 Å². The number of rotatable bonds is 1. The first-order valence-corrected chi connectivity index (χ1v) is 3.85. The summed E-state index contributed by atoms with van der Waals surface area (Å²) in [5.41, 5.74) is 1.87. The summed E-state index contributed by atoms with van der Waals surface area (Å²) in [6.07, 6.45) is 1.53. The Morgan fingerprint density at radius 1 is 1.45 bits per heavy atom. The number of aromatic nitrogens is 1. The molecule has 0 aliphatic carbocycles. The number of aryl methyl sites for hydroxylation is 1. The summed E-state index contributed by atoms with van der Waals surface area (Å²) in [6.45, 7) is 5.97. The van der Waals surface area contributed by atoms with Crippen LogP contribution < -0.4 is 0 Å². The van der Waals surface area contributed by atoms with Gasteiger partial charge in [0, 0.05) is 24.5 Å². The molecule has 1 nitrogen and oxygen atoms in total. The van der Waals surface area contributed by atoms with Crippen molar-refractivity contribution in [2.75, 3.05) is 0 Å². The lowest BCUT2D eigenvalue weighted by molar-refractivity contribution is 0.617. The summed E-state index contributed by atoms with van der Waals surface area (Å²) in [7, 11) is 1.88. The van der Waals surface area contributed by atoms with Gasteiger partial charge in [-0.1, -0.05) is 13.8 Å². The average molecular weight is 155 g/mol. The molecule has 1 aromatic rings. The third-order valence-corrected chi connectivity index (χ3v) is 1.98. The highest BCUT2D eigenvalue weighted by atomic mass is 19.1. The monoisotopic (exact) mass is 155 g/mol. The lowest BCUT2D eigenvalue weighted by atomic mass is 10.1. The lowest BCUT2D eigenvalue weighted by Crippen LogP contribution is -1.98. The maximum atomic E-state index is 12.9. The largest absolute Gasteiger partial charge is 0.351 e. The molecule has 0 bridgehead atoms. The van der Waals surface area contributed by atoms with E-state index in [0.717, 1.165) is 11.3 Å². The molecule has 0 aliphatic heterocycles. The Bertz CT molecular complexity index is 261. The van der Waals surface area contributed by atoms with Gasteiger partial charge in [-0.15, -0.1) is 0 Å². The molecule has 11 heavy (non-hydrogen) atoms. The Hall–Kier alpha value is -0.790. The molecule has 0 spiro atoms. The van der Waals surface area contributed by atoms with Crippen molar-refractivity contribution in [3.05, 3.63) is 23.3 Å². The fraction of sp³-hybridized carbons (Fsp3) is 0.556. The minimum atomic E-state index is -0.101. The van der Waals surface area contributed by atoms with Gasteiger partial charge in [0.05, 0.1) is 0 Å². The minimum absolute atomic E-state index is 0.101. The zero-order valence-corrected chi connectivity index (χ0v) is 7.48. The van der Waals surface area contributed by atoms with E-state index in [1.54, 1.807) is 0 Å². The molecule has 62 valence electrons. The SMILES string of the molecule is Cc1c(F)cn(C)c1C(C)C. The molecule has 0 aromatic carbocycles. The van der Waals surface area contributed by atoms with Crippen molar-refractivity contribution >= 4 is 0 Å². The molecular formula is C9H14FN. The van der Waals surface area contributed by atoms with Crippen LogP contribution in [0.4, 0.5) is 4.39 Å². The number of halogens is 1. The Kier molecular flexibility index (Phi) is 2.03. The van der Waals surface area contributed by atoms with Crippen LogP contribution in [0.5, 0.6) is 0 Å². The van der Waals surface area contributed by atoms with Gasteiger partial charge in [0.1, 0.15) is 5.82 Å². The highest BCUT2D eigenvalue weighted by Crippen LogP contribution is 2.21. The van der Waals surface area contributed by atoms with Crippen LogP contribution in [0, 0.1) is 12.7 Å². The molecule has 2 heteroatoms. The molecule has 0 atom stereocenters. The fourth-order valence-corrected chi connectivity index (χ4v) is 1.56. The molecular weight excluding hydrogens is 141 g/mol. The van der Waals surface area contributed by atoms with E-state index in [2.05, 4.69) is 13.8 Å². The van der Waals surface area contributed by atoms with Gasteiger partial charge in [-0.2, -0.15) is 0 Å². The Morgan fingerprint density at radius 3 is 2.18 bits per heavy atom. The van der Waals surface area contributed by atoms with Crippen LogP contribution in [-0.2, 0) is 7.05 Å². The first-order chi connectivity index (χ1) is 5.04. The van der Waals surface area contributed by atoms with Crippen LogP contribution in [0.2, 0.25) is 0 Å². The summed E-state index contributed by atoms with van der Waals surface area (Å²) in [5, 5.41) is 0. The molecule has 0 unspecified atom stereocenters. The maximum absolute atomic E-state index is 12.9. The average Bonchev–Trinajstić information content (AvgIpc) is 2.07. The third kappa shape index (κ3) is 1.30. The topological polar surface area (TPSA) is 4.93 Å². The minimum Gasteiger partial charge on any atom is -0.351 e. The van der Waals surface area contributed by atoms with Gasteiger partial charge < -0.3 is 4.57 Å². The van der Waals surface area contributed by atoms with Crippen molar-refractivity contribution in [3.8, 4) is 0 Å². The number of hydrogen-bond acceptors (Lipinski definition) is 0. The molecule has 0 fully saturated rings. The van der Waals surface area contributed by atoms with Gasteiger partial charge >= 0.3 is 0 Å². The van der Waals surface area contributed by atoms with Crippen molar-refractivity contribution in [1.29, 1.82) is 0 Å². The van der Waals surface area contributed by atoms with E-state index in [9.17, 15) is 4.39 Å². The van der Waals surface area contributed by atoms with E-state index in [1.165, 1.54) is 6.20 Å². The van der Waals surface area contributed by atoms with Gasteiger partial charge in [-0.3, -0.25) is 0 Å². The fourth-order valence-electron chi connectivity index (χ4n) is 1.56. The molecule has 0 amide bonds. The van der Waals surface area contributed by atoms with E-state index in [4.69, 9.17) is 0 Å². The second kappa shape index (κ2) is 2.68. The third-order valence-electron chi connectivity index (χ3n) is 1.98. The highest BCUT2D eigenvalue weighted by Gasteiger charge is 2.11. The van der Waals surface area contributed by atoms with Gasteiger partial charge in [-0.25, -0.2) is 4.39 Å². The summed E-state index contributed by atoms with van der Waals surface area (Å²) in [5.74, 6) is 0.292. The van der Waals surface area contributed by atoms with E-state index in [1.807, 2.05) is 18.5 Å². The summed E-state index contributed by atoms with van der Waals surface area (Å²) < 4.78 is 14.8. The van der Waals surface area contributed by atoms with Crippen molar-refractivity contribution in [2.24, 2.45) is 7.05 Å². The van der Waals surface area contributed by atoms with Crippen LogP contribution in [0.1, 0.15) is 31.0 Å². The number of nitrogens with zero attached hydrogens (tertiary/aromatic N) is 1. The van der Waals surface area contributed by atoms with Gasteiger partial charge in [0.25, 0.3) is 0 Å². The first kappa shape index (κ1) is 8.31. The zero-order valence-electron chi connectivity index (χ0n) is 7.48. The second-order valence-corrected chi connectivity index (χ2v) is 3.25. The predicted molar refractivity (Wildman–Crippen MR) is 44.2 cm³/mol. The molecule has 0 radical (unpaired) electrons. The van der Waals surface area contributed by atoms with Crippen LogP contribution in [0.25, 0.3) is 0 Å². The Labute approximate surface area is 66.8 Å². The molecule has 1 aromatic heterocycles. The molecule has 1 heterocycles. The molecule has 0 N–H and O–H groups in total.